The molecule has 1 aromatic carbocycles. The lowest BCUT2D eigenvalue weighted by Gasteiger charge is -2.10. The van der Waals surface area contributed by atoms with Gasteiger partial charge in [0.2, 0.25) is 0 Å². The average molecular weight is 199 g/mol. The van der Waals surface area contributed by atoms with Crippen LogP contribution < -0.4 is 0 Å². The molecule has 1 aromatic rings. The molecule has 0 fully saturated rings. The molecule has 0 aliphatic heterocycles. The van der Waals surface area contributed by atoms with Crippen LogP contribution in [0.3, 0.4) is 0 Å². The monoisotopic (exact) mass is 199 g/mol. The van der Waals surface area contributed by atoms with Crippen LogP contribution in [0.5, 0.6) is 0 Å². The zero-order valence-electron chi connectivity index (χ0n) is 9.34. The van der Waals surface area contributed by atoms with Gasteiger partial charge in [-0.05, 0) is 55.7 Å². The molecule has 0 atom stereocenters. The second-order valence-electron chi connectivity index (χ2n) is 4.24. The number of hydrogen-bond acceptors (Lipinski definition) is 0. The maximum Gasteiger partial charge on any atom is -0.0196 e. The van der Waals surface area contributed by atoms with Crippen LogP contribution in [0.25, 0.3) is 5.57 Å². The van der Waals surface area contributed by atoms with Crippen LogP contribution in [-0.2, 0) is 6.42 Å². The molecule has 0 amide bonds. The average Bonchev–Trinajstić information content (AvgIpc) is 2.57. The summed E-state index contributed by atoms with van der Waals surface area (Å²) in [6.07, 6.45) is 9.91. The van der Waals surface area contributed by atoms with Gasteiger partial charge in [0.05, 0.1) is 0 Å². The summed E-state index contributed by atoms with van der Waals surface area (Å²) in [6, 6.07) is 8.70. The summed E-state index contributed by atoms with van der Waals surface area (Å²) in [5.41, 5.74) is 4.38. The van der Waals surface area contributed by atoms with E-state index >= 15 is 0 Å². The normalized spacial score (nSPS) is 17.0. The van der Waals surface area contributed by atoms with Gasteiger partial charge in [0, 0.05) is 0 Å². The van der Waals surface area contributed by atoms with Crippen molar-refractivity contribution in [2.24, 2.45) is 0 Å². The number of rotatable bonds is 2. The van der Waals surface area contributed by atoms with Crippen LogP contribution in [0.15, 0.2) is 30.3 Å². The van der Waals surface area contributed by atoms with Crippen molar-refractivity contribution in [1.29, 1.82) is 0 Å². The minimum atomic E-state index is 0.896. The highest BCUT2D eigenvalue weighted by atomic mass is 14.1. The molecule has 0 saturated carbocycles. The van der Waals surface area contributed by atoms with Gasteiger partial charge >= 0.3 is 0 Å². The Labute approximate surface area is 93.0 Å². The summed E-state index contributed by atoms with van der Waals surface area (Å²) >= 11 is 0. The van der Waals surface area contributed by atoms with Crippen molar-refractivity contribution in [3.05, 3.63) is 48.4 Å². The van der Waals surface area contributed by atoms with E-state index in [4.69, 9.17) is 0 Å². The zero-order chi connectivity index (χ0) is 10.5. The lowest BCUT2D eigenvalue weighted by Crippen LogP contribution is -1.91. The molecule has 0 N–H and O–H groups in total. The van der Waals surface area contributed by atoms with Gasteiger partial charge in [0.15, 0.2) is 0 Å². The molecule has 15 heavy (non-hydrogen) atoms. The minimum absolute atomic E-state index is 0.896. The lowest BCUT2D eigenvalue weighted by atomic mass is 9.95. The summed E-state index contributed by atoms with van der Waals surface area (Å²) in [6.45, 7) is 4.01. The van der Waals surface area contributed by atoms with Gasteiger partial charge in [-0.2, -0.15) is 0 Å². The van der Waals surface area contributed by atoms with Crippen molar-refractivity contribution in [3.8, 4) is 0 Å². The van der Waals surface area contributed by atoms with Gasteiger partial charge in [0.1, 0.15) is 0 Å². The lowest BCUT2D eigenvalue weighted by molar-refractivity contribution is 0.720. The van der Waals surface area contributed by atoms with Crippen molar-refractivity contribution in [1.82, 2.24) is 0 Å². The highest BCUT2D eigenvalue weighted by Gasteiger charge is 2.07. The number of hydrogen-bond donors (Lipinski definition) is 0. The Morgan fingerprint density at radius 1 is 1.07 bits per heavy atom. The van der Waals surface area contributed by atoms with Gasteiger partial charge < -0.3 is 0 Å². The summed E-state index contributed by atoms with van der Waals surface area (Å²) in [5.74, 6) is 0. The summed E-state index contributed by atoms with van der Waals surface area (Å²) in [5, 5.41) is 0. The van der Waals surface area contributed by atoms with Gasteiger partial charge in [-0.3, -0.25) is 0 Å². The SMILES string of the molecule is [CH2]Cc1ccccc1C1=CCCCCC1. The number of benzene rings is 1. The maximum absolute atomic E-state index is 4.01. The molecule has 0 nitrogen and oxygen atoms in total. The van der Waals surface area contributed by atoms with E-state index < -0.39 is 0 Å². The first-order valence-electron chi connectivity index (χ1n) is 5.98. The van der Waals surface area contributed by atoms with Gasteiger partial charge in [-0.15, -0.1) is 0 Å². The molecule has 0 unspecified atom stereocenters. The van der Waals surface area contributed by atoms with Crippen LogP contribution >= 0.6 is 0 Å². The quantitative estimate of drug-likeness (QED) is 0.661. The highest BCUT2D eigenvalue weighted by molar-refractivity contribution is 5.68. The van der Waals surface area contributed by atoms with Crippen LogP contribution in [0.4, 0.5) is 0 Å². The molecule has 0 bridgehead atoms. The standard InChI is InChI=1S/C15H19/c1-2-13-9-7-8-12-15(13)14-10-5-3-4-6-11-14/h7-10,12H,1-6,11H2. The Kier molecular flexibility index (Phi) is 3.60. The second-order valence-corrected chi connectivity index (χ2v) is 4.24. The maximum atomic E-state index is 4.01. The van der Waals surface area contributed by atoms with E-state index in [0.29, 0.717) is 0 Å². The third-order valence-electron chi connectivity index (χ3n) is 3.17. The van der Waals surface area contributed by atoms with E-state index in [1.165, 1.54) is 43.2 Å². The third kappa shape index (κ3) is 2.50. The Hall–Kier alpha value is -1.04. The fraction of sp³-hybridized carbons (Fsp3) is 0.400. The van der Waals surface area contributed by atoms with E-state index in [2.05, 4.69) is 37.3 Å². The van der Waals surface area contributed by atoms with E-state index in [1.54, 1.807) is 5.57 Å². The van der Waals surface area contributed by atoms with Crippen LogP contribution in [0.1, 0.15) is 43.2 Å². The molecule has 0 heteroatoms. The smallest absolute Gasteiger partial charge is 0.0196 e. The fourth-order valence-corrected chi connectivity index (χ4v) is 2.31. The summed E-state index contributed by atoms with van der Waals surface area (Å²) in [4.78, 5) is 0. The molecule has 0 saturated heterocycles. The number of allylic oxidation sites excluding steroid dienone is 2. The fourth-order valence-electron chi connectivity index (χ4n) is 2.31. The summed E-state index contributed by atoms with van der Waals surface area (Å²) < 4.78 is 0. The van der Waals surface area contributed by atoms with Crippen LogP contribution in [0, 0.1) is 6.92 Å². The molecule has 79 valence electrons. The van der Waals surface area contributed by atoms with E-state index in [-0.39, 0.29) is 0 Å². The molecule has 0 aromatic heterocycles. The van der Waals surface area contributed by atoms with E-state index in [9.17, 15) is 0 Å². The van der Waals surface area contributed by atoms with Crippen molar-refractivity contribution in [2.45, 2.75) is 38.5 Å². The van der Waals surface area contributed by atoms with Crippen molar-refractivity contribution in [3.63, 3.8) is 0 Å². The molecule has 1 aliphatic rings. The Balaban J connectivity index is 2.30. The molecular formula is C15H19. The summed E-state index contributed by atoms with van der Waals surface area (Å²) in [7, 11) is 0. The topological polar surface area (TPSA) is 0 Å². The molecule has 0 spiro atoms. The molecule has 2 rings (SSSR count). The van der Waals surface area contributed by atoms with Gasteiger partial charge in [-0.25, -0.2) is 0 Å². The van der Waals surface area contributed by atoms with Crippen molar-refractivity contribution in [2.75, 3.05) is 0 Å². The van der Waals surface area contributed by atoms with Crippen molar-refractivity contribution >= 4 is 5.57 Å². The molecule has 1 aliphatic carbocycles. The third-order valence-corrected chi connectivity index (χ3v) is 3.17. The second kappa shape index (κ2) is 5.16. The predicted octanol–water partition coefficient (Wildman–Crippen LogP) is 4.41. The van der Waals surface area contributed by atoms with Crippen LogP contribution in [-0.4, -0.2) is 0 Å². The Bertz CT molecular complexity index is 347. The first-order valence-corrected chi connectivity index (χ1v) is 5.98. The van der Waals surface area contributed by atoms with Gasteiger partial charge in [-0.1, -0.05) is 36.8 Å². The Morgan fingerprint density at radius 2 is 1.93 bits per heavy atom. The molecular weight excluding hydrogens is 180 g/mol. The molecule has 0 heterocycles. The van der Waals surface area contributed by atoms with Gasteiger partial charge in [0.25, 0.3) is 0 Å². The first-order chi connectivity index (χ1) is 7.42. The Morgan fingerprint density at radius 3 is 2.80 bits per heavy atom. The van der Waals surface area contributed by atoms with Crippen LogP contribution in [0.2, 0.25) is 0 Å². The minimum Gasteiger partial charge on any atom is -0.0807 e. The van der Waals surface area contributed by atoms with E-state index in [0.717, 1.165) is 6.42 Å². The zero-order valence-corrected chi connectivity index (χ0v) is 9.34. The molecule has 1 radical (unpaired) electrons. The largest absolute Gasteiger partial charge is 0.0807 e. The highest BCUT2D eigenvalue weighted by Crippen LogP contribution is 2.28. The first kappa shape index (κ1) is 10.5. The van der Waals surface area contributed by atoms with Crippen molar-refractivity contribution < 1.29 is 0 Å². The predicted molar refractivity (Wildman–Crippen MR) is 66.6 cm³/mol. The van der Waals surface area contributed by atoms with E-state index in [1.807, 2.05) is 0 Å².